The minimum Gasteiger partial charge on any atom is -0.356 e. The summed E-state index contributed by atoms with van der Waals surface area (Å²) < 4.78 is 0. The number of likely N-dealkylation sites (tertiary alicyclic amines) is 1. The second-order valence-corrected chi connectivity index (χ2v) is 6.34. The zero-order valence-corrected chi connectivity index (χ0v) is 15.0. The average molecular weight is 345 g/mol. The number of carbonyl (C=O) groups excluding carboxylic acids is 3. The summed E-state index contributed by atoms with van der Waals surface area (Å²) in [6.07, 6.45) is 2.75. The van der Waals surface area contributed by atoms with Crippen LogP contribution in [0.1, 0.15) is 49.9 Å². The molecule has 1 saturated heterocycles. The number of nitrogens with one attached hydrogen (secondary N) is 2. The lowest BCUT2D eigenvalue weighted by Gasteiger charge is -2.31. The van der Waals surface area contributed by atoms with Crippen LogP contribution in [0.25, 0.3) is 0 Å². The van der Waals surface area contributed by atoms with Crippen molar-refractivity contribution in [2.45, 2.75) is 39.5 Å². The summed E-state index contributed by atoms with van der Waals surface area (Å²) in [7, 11) is 0. The molecule has 136 valence electrons. The molecule has 0 bridgehead atoms. The van der Waals surface area contributed by atoms with E-state index >= 15 is 0 Å². The predicted octanol–water partition coefficient (Wildman–Crippen LogP) is 2.41. The monoisotopic (exact) mass is 345 g/mol. The van der Waals surface area contributed by atoms with Crippen molar-refractivity contribution in [2.75, 3.05) is 25.0 Å². The van der Waals surface area contributed by atoms with E-state index in [-0.39, 0.29) is 23.6 Å². The van der Waals surface area contributed by atoms with Crippen LogP contribution in [0.3, 0.4) is 0 Å². The fourth-order valence-electron chi connectivity index (χ4n) is 2.87. The third-order valence-corrected chi connectivity index (χ3v) is 4.44. The zero-order valence-electron chi connectivity index (χ0n) is 15.0. The molecule has 0 saturated carbocycles. The van der Waals surface area contributed by atoms with Gasteiger partial charge in [0.25, 0.3) is 5.91 Å². The van der Waals surface area contributed by atoms with Gasteiger partial charge in [0.2, 0.25) is 11.8 Å². The van der Waals surface area contributed by atoms with Crippen LogP contribution < -0.4 is 10.6 Å². The highest BCUT2D eigenvalue weighted by Crippen LogP contribution is 2.20. The van der Waals surface area contributed by atoms with Crippen molar-refractivity contribution in [2.24, 2.45) is 5.92 Å². The molecule has 0 unspecified atom stereocenters. The molecule has 1 fully saturated rings. The van der Waals surface area contributed by atoms with Gasteiger partial charge in [-0.3, -0.25) is 14.4 Å². The lowest BCUT2D eigenvalue weighted by molar-refractivity contribution is -0.126. The van der Waals surface area contributed by atoms with Gasteiger partial charge in [-0.15, -0.1) is 0 Å². The molecule has 6 heteroatoms. The van der Waals surface area contributed by atoms with Gasteiger partial charge in [-0.1, -0.05) is 13.8 Å². The fraction of sp³-hybridized carbons (Fsp3) is 0.526. The van der Waals surface area contributed by atoms with Crippen molar-refractivity contribution < 1.29 is 14.4 Å². The largest absolute Gasteiger partial charge is 0.356 e. The van der Waals surface area contributed by atoms with Gasteiger partial charge >= 0.3 is 0 Å². The van der Waals surface area contributed by atoms with Crippen LogP contribution in [0.15, 0.2) is 24.3 Å². The first-order chi connectivity index (χ1) is 12.0. The van der Waals surface area contributed by atoms with E-state index < -0.39 is 0 Å². The van der Waals surface area contributed by atoms with Crippen molar-refractivity contribution in [3.05, 3.63) is 29.8 Å². The molecule has 1 aliphatic rings. The molecular weight excluding hydrogens is 318 g/mol. The van der Waals surface area contributed by atoms with E-state index in [1.54, 1.807) is 36.1 Å². The van der Waals surface area contributed by atoms with Crippen molar-refractivity contribution in [3.8, 4) is 0 Å². The molecule has 25 heavy (non-hydrogen) atoms. The summed E-state index contributed by atoms with van der Waals surface area (Å²) in [6.45, 7) is 5.72. The Balaban J connectivity index is 1.87. The van der Waals surface area contributed by atoms with E-state index in [1.165, 1.54) is 0 Å². The van der Waals surface area contributed by atoms with E-state index in [0.717, 1.165) is 6.42 Å². The summed E-state index contributed by atoms with van der Waals surface area (Å²) >= 11 is 0. The van der Waals surface area contributed by atoms with E-state index in [9.17, 15) is 14.4 Å². The van der Waals surface area contributed by atoms with Gasteiger partial charge in [0.15, 0.2) is 0 Å². The van der Waals surface area contributed by atoms with Gasteiger partial charge in [-0.2, -0.15) is 0 Å². The van der Waals surface area contributed by atoms with E-state index in [2.05, 4.69) is 10.6 Å². The van der Waals surface area contributed by atoms with E-state index in [1.807, 2.05) is 6.92 Å². The van der Waals surface area contributed by atoms with E-state index in [0.29, 0.717) is 50.1 Å². The minimum atomic E-state index is -0.0532. The maximum atomic E-state index is 12.6. The zero-order chi connectivity index (χ0) is 18.2. The molecule has 1 heterocycles. The maximum Gasteiger partial charge on any atom is 0.253 e. The second-order valence-electron chi connectivity index (χ2n) is 6.34. The van der Waals surface area contributed by atoms with Crippen LogP contribution in [0.5, 0.6) is 0 Å². The standard InChI is InChI=1S/C19H27N3O3/c1-3-11-20-18(24)14-9-12-22(13-10-14)19(25)15-5-7-16(8-6-15)21-17(23)4-2/h5-8,14H,3-4,9-13H2,1-2H3,(H,20,24)(H,21,23). The number of benzene rings is 1. The Morgan fingerprint density at radius 3 is 2.28 bits per heavy atom. The molecule has 0 radical (unpaired) electrons. The number of rotatable bonds is 6. The van der Waals surface area contributed by atoms with Crippen LogP contribution in [-0.4, -0.2) is 42.3 Å². The molecule has 1 aliphatic heterocycles. The molecule has 2 rings (SSSR count). The third-order valence-electron chi connectivity index (χ3n) is 4.44. The van der Waals surface area contributed by atoms with Crippen molar-refractivity contribution in [1.82, 2.24) is 10.2 Å². The van der Waals surface area contributed by atoms with Gasteiger partial charge < -0.3 is 15.5 Å². The summed E-state index contributed by atoms with van der Waals surface area (Å²) in [5.74, 6) is 0.0236. The Morgan fingerprint density at radius 1 is 1.08 bits per heavy atom. The van der Waals surface area contributed by atoms with Crippen LogP contribution in [-0.2, 0) is 9.59 Å². The lowest BCUT2D eigenvalue weighted by atomic mass is 9.95. The maximum absolute atomic E-state index is 12.6. The van der Waals surface area contributed by atoms with E-state index in [4.69, 9.17) is 0 Å². The number of nitrogens with zero attached hydrogens (tertiary/aromatic N) is 1. The highest BCUT2D eigenvalue weighted by molar-refractivity contribution is 5.96. The molecule has 6 nitrogen and oxygen atoms in total. The first kappa shape index (κ1) is 19.0. The Morgan fingerprint density at radius 2 is 1.72 bits per heavy atom. The van der Waals surface area contributed by atoms with Gasteiger partial charge in [-0.25, -0.2) is 0 Å². The summed E-state index contributed by atoms with van der Waals surface area (Å²) in [4.78, 5) is 37.8. The van der Waals surface area contributed by atoms with Crippen LogP contribution in [0.2, 0.25) is 0 Å². The number of amides is 3. The molecule has 1 aromatic rings. The topological polar surface area (TPSA) is 78.5 Å². The normalized spacial score (nSPS) is 14.9. The van der Waals surface area contributed by atoms with Crippen LogP contribution in [0.4, 0.5) is 5.69 Å². The Hall–Kier alpha value is -2.37. The van der Waals surface area contributed by atoms with Gasteiger partial charge in [0, 0.05) is 43.2 Å². The van der Waals surface area contributed by atoms with Crippen molar-refractivity contribution in [3.63, 3.8) is 0 Å². The van der Waals surface area contributed by atoms with Crippen molar-refractivity contribution in [1.29, 1.82) is 0 Å². The second kappa shape index (κ2) is 9.20. The number of anilines is 1. The molecule has 1 aromatic carbocycles. The summed E-state index contributed by atoms with van der Waals surface area (Å²) in [6, 6.07) is 6.94. The Kier molecular flexibility index (Phi) is 6.98. The molecular formula is C19H27N3O3. The molecule has 3 amide bonds. The SMILES string of the molecule is CCCNC(=O)C1CCN(C(=O)c2ccc(NC(=O)CC)cc2)CC1. The molecule has 0 aliphatic carbocycles. The third kappa shape index (κ3) is 5.31. The molecule has 0 aromatic heterocycles. The highest BCUT2D eigenvalue weighted by Gasteiger charge is 2.27. The molecule has 0 spiro atoms. The quantitative estimate of drug-likeness (QED) is 0.831. The number of hydrogen-bond donors (Lipinski definition) is 2. The van der Waals surface area contributed by atoms with Gasteiger partial charge in [-0.05, 0) is 43.5 Å². The smallest absolute Gasteiger partial charge is 0.253 e. The minimum absolute atomic E-state index is 0.00207. The Bertz CT molecular complexity index is 605. The van der Waals surface area contributed by atoms with Gasteiger partial charge in [0.1, 0.15) is 0 Å². The van der Waals surface area contributed by atoms with Crippen molar-refractivity contribution >= 4 is 23.4 Å². The first-order valence-corrected chi connectivity index (χ1v) is 9.02. The lowest BCUT2D eigenvalue weighted by Crippen LogP contribution is -2.43. The van der Waals surface area contributed by atoms with Crippen LogP contribution >= 0.6 is 0 Å². The molecule has 2 N–H and O–H groups in total. The number of carbonyl (C=O) groups is 3. The first-order valence-electron chi connectivity index (χ1n) is 9.02. The van der Waals surface area contributed by atoms with Gasteiger partial charge in [0.05, 0.1) is 0 Å². The number of piperidine rings is 1. The summed E-state index contributed by atoms with van der Waals surface area (Å²) in [5, 5.41) is 5.69. The fourth-order valence-corrected chi connectivity index (χ4v) is 2.87. The predicted molar refractivity (Wildman–Crippen MR) is 97.3 cm³/mol. The molecule has 0 atom stereocenters. The average Bonchev–Trinajstić information content (AvgIpc) is 2.66. The highest BCUT2D eigenvalue weighted by atomic mass is 16.2. The summed E-state index contributed by atoms with van der Waals surface area (Å²) in [5.41, 5.74) is 1.29. The Labute approximate surface area is 149 Å². The number of hydrogen-bond acceptors (Lipinski definition) is 3. The van der Waals surface area contributed by atoms with Crippen LogP contribution in [0, 0.1) is 5.92 Å².